The van der Waals surface area contributed by atoms with Crippen molar-refractivity contribution in [3.8, 4) is 12.3 Å². The number of carboxylic acid groups (broad SMARTS) is 1. The van der Waals surface area contributed by atoms with Crippen molar-refractivity contribution in [2.45, 2.75) is 32.7 Å². The van der Waals surface area contributed by atoms with Crippen LogP contribution in [-0.2, 0) is 4.79 Å². The summed E-state index contributed by atoms with van der Waals surface area (Å²) in [7, 11) is 0. The van der Waals surface area contributed by atoms with Gasteiger partial charge >= 0.3 is 5.97 Å². The molecule has 0 aromatic carbocycles. The van der Waals surface area contributed by atoms with Crippen LogP contribution < -0.4 is 5.32 Å². The Morgan fingerprint density at radius 3 is 2.79 bits per heavy atom. The van der Waals surface area contributed by atoms with Gasteiger partial charge in [-0.05, 0) is 13.3 Å². The first-order valence-corrected chi connectivity index (χ1v) is 4.71. The smallest absolute Gasteiger partial charge is 0.331 e. The SMILES string of the molecule is C#CCC(C)NCC=C(CC)C(=O)O. The van der Waals surface area contributed by atoms with Crippen molar-refractivity contribution >= 4 is 5.97 Å². The van der Waals surface area contributed by atoms with Crippen LogP contribution in [0.1, 0.15) is 26.7 Å². The number of terminal acetylenes is 1. The molecule has 0 bridgehead atoms. The van der Waals surface area contributed by atoms with Crippen molar-refractivity contribution in [3.05, 3.63) is 11.6 Å². The van der Waals surface area contributed by atoms with Gasteiger partial charge < -0.3 is 10.4 Å². The molecule has 3 nitrogen and oxygen atoms in total. The normalized spacial score (nSPS) is 13.4. The van der Waals surface area contributed by atoms with Crippen molar-refractivity contribution in [2.75, 3.05) is 6.54 Å². The Balaban J connectivity index is 3.91. The lowest BCUT2D eigenvalue weighted by molar-refractivity contribution is -0.132. The average Bonchev–Trinajstić information content (AvgIpc) is 2.12. The van der Waals surface area contributed by atoms with Crippen LogP contribution in [0.2, 0.25) is 0 Å². The standard InChI is InChI=1S/C11H17NO2/c1-4-6-9(3)12-8-7-10(5-2)11(13)14/h1,7,9,12H,5-6,8H2,2-3H3,(H,13,14). The summed E-state index contributed by atoms with van der Waals surface area (Å²) in [6.07, 6.45) is 8.02. The summed E-state index contributed by atoms with van der Waals surface area (Å²) in [4.78, 5) is 10.6. The molecule has 0 amide bonds. The Morgan fingerprint density at radius 1 is 1.71 bits per heavy atom. The van der Waals surface area contributed by atoms with Gasteiger partial charge in [0.1, 0.15) is 0 Å². The summed E-state index contributed by atoms with van der Waals surface area (Å²) < 4.78 is 0. The minimum atomic E-state index is -0.848. The lowest BCUT2D eigenvalue weighted by atomic mass is 10.2. The van der Waals surface area contributed by atoms with Crippen molar-refractivity contribution in [1.82, 2.24) is 5.32 Å². The van der Waals surface area contributed by atoms with Gasteiger partial charge in [-0.2, -0.15) is 0 Å². The molecule has 0 fully saturated rings. The quantitative estimate of drug-likeness (QED) is 0.497. The van der Waals surface area contributed by atoms with Crippen molar-refractivity contribution < 1.29 is 9.90 Å². The lowest BCUT2D eigenvalue weighted by Crippen LogP contribution is -2.25. The van der Waals surface area contributed by atoms with Gasteiger partial charge in [0, 0.05) is 24.6 Å². The van der Waals surface area contributed by atoms with E-state index in [0.717, 1.165) is 0 Å². The van der Waals surface area contributed by atoms with E-state index in [-0.39, 0.29) is 6.04 Å². The molecule has 0 aliphatic rings. The predicted octanol–water partition coefficient (Wildman–Crippen LogP) is 1.41. The van der Waals surface area contributed by atoms with E-state index >= 15 is 0 Å². The monoisotopic (exact) mass is 195 g/mol. The van der Waals surface area contributed by atoms with Crippen LogP contribution in [0.3, 0.4) is 0 Å². The number of hydrogen-bond donors (Lipinski definition) is 2. The van der Waals surface area contributed by atoms with Gasteiger partial charge in [0.05, 0.1) is 0 Å². The van der Waals surface area contributed by atoms with E-state index in [0.29, 0.717) is 25.0 Å². The highest BCUT2D eigenvalue weighted by Crippen LogP contribution is 1.99. The van der Waals surface area contributed by atoms with Gasteiger partial charge in [0.15, 0.2) is 0 Å². The molecule has 3 heteroatoms. The molecule has 1 atom stereocenters. The molecular formula is C11H17NO2. The Hall–Kier alpha value is -1.27. The second kappa shape index (κ2) is 7.16. The van der Waals surface area contributed by atoms with Crippen LogP contribution in [0, 0.1) is 12.3 Å². The molecule has 0 aliphatic carbocycles. The molecule has 0 rings (SSSR count). The van der Waals surface area contributed by atoms with Crippen LogP contribution >= 0.6 is 0 Å². The molecule has 1 unspecified atom stereocenters. The summed E-state index contributed by atoms with van der Waals surface area (Å²) in [6.45, 7) is 4.35. The van der Waals surface area contributed by atoms with E-state index in [1.807, 2.05) is 13.8 Å². The number of rotatable bonds is 6. The van der Waals surface area contributed by atoms with E-state index < -0.39 is 5.97 Å². The molecule has 0 saturated heterocycles. The van der Waals surface area contributed by atoms with Gasteiger partial charge in [-0.15, -0.1) is 12.3 Å². The third-order valence-corrected chi connectivity index (χ3v) is 1.89. The van der Waals surface area contributed by atoms with E-state index in [4.69, 9.17) is 11.5 Å². The maximum Gasteiger partial charge on any atom is 0.331 e. The molecule has 78 valence electrons. The minimum absolute atomic E-state index is 0.225. The first-order valence-electron chi connectivity index (χ1n) is 4.71. The van der Waals surface area contributed by atoms with E-state index in [2.05, 4.69) is 11.2 Å². The molecule has 0 spiro atoms. The maximum atomic E-state index is 10.6. The fourth-order valence-corrected chi connectivity index (χ4v) is 1.02. The third kappa shape index (κ3) is 5.39. The fraction of sp³-hybridized carbons (Fsp3) is 0.545. The van der Waals surface area contributed by atoms with Crippen molar-refractivity contribution in [2.24, 2.45) is 0 Å². The first kappa shape index (κ1) is 12.7. The molecule has 0 aromatic heterocycles. The van der Waals surface area contributed by atoms with Crippen molar-refractivity contribution in [3.63, 3.8) is 0 Å². The van der Waals surface area contributed by atoms with E-state index in [1.165, 1.54) is 0 Å². The Kier molecular flexibility index (Phi) is 6.51. The summed E-state index contributed by atoms with van der Waals surface area (Å²) in [6, 6.07) is 0.225. The topological polar surface area (TPSA) is 49.3 Å². The van der Waals surface area contributed by atoms with Gasteiger partial charge in [-0.1, -0.05) is 13.0 Å². The van der Waals surface area contributed by atoms with Crippen molar-refractivity contribution in [1.29, 1.82) is 0 Å². The first-order chi connectivity index (χ1) is 6.61. The summed E-state index contributed by atoms with van der Waals surface area (Å²) in [5, 5.41) is 11.8. The van der Waals surface area contributed by atoms with E-state index in [1.54, 1.807) is 6.08 Å². The maximum absolute atomic E-state index is 10.6. The lowest BCUT2D eigenvalue weighted by Gasteiger charge is -2.08. The second-order valence-electron chi connectivity index (χ2n) is 3.11. The predicted molar refractivity (Wildman–Crippen MR) is 56.9 cm³/mol. The molecule has 0 heterocycles. The Labute approximate surface area is 85.2 Å². The van der Waals surface area contributed by atoms with Gasteiger partial charge in [0.2, 0.25) is 0 Å². The summed E-state index contributed by atoms with van der Waals surface area (Å²) in [5.41, 5.74) is 0.436. The molecular weight excluding hydrogens is 178 g/mol. The van der Waals surface area contributed by atoms with Crippen LogP contribution in [0.15, 0.2) is 11.6 Å². The molecule has 0 radical (unpaired) electrons. The third-order valence-electron chi connectivity index (χ3n) is 1.89. The average molecular weight is 195 g/mol. The van der Waals surface area contributed by atoms with Crippen LogP contribution in [0.4, 0.5) is 0 Å². The van der Waals surface area contributed by atoms with Crippen LogP contribution in [0.5, 0.6) is 0 Å². The number of carboxylic acids is 1. The highest BCUT2D eigenvalue weighted by molar-refractivity contribution is 5.86. The second-order valence-corrected chi connectivity index (χ2v) is 3.11. The molecule has 2 N–H and O–H groups in total. The Bertz CT molecular complexity index is 251. The zero-order chi connectivity index (χ0) is 11.0. The Morgan fingerprint density at radius 2 is 2.36 bits per heavy atom. The fourth-order valence-electron chi connectivity index (χ4n) is 1.02. The van der Waals surface area contributed by atoms with Gasteiger partial charge in [-0.25, -0.2) is 4.79 Å². The highest BCUT2D eigenvalue weighted by Gasteiger charge is 2.03. The zero-order valence-electron chi connectivity index (χ0n) is 8.71. The molecule has 0 aromatic rings. The zero-order valence-corrected chi connectivity index (χ0v) is 8.71. The number of carbonyl (C=O) groups is 1. The van der Waals surface area contributed by atoms with E-state index in [9.17, 15) is 4.79 Å². The van der Waals surface area contributed by atoms with Gasteiger partial charge in [-0.3, -0.25) is 0 Å². The number of hydrogen-bond acceptors (Lipinski definition) is 2. The molecule has 0 saturated carbocycles. The number of nitrogens with one attached hydrogen (secondary N) is 1. The summed E-state index contributed by atoms with van der Waals surface area (Å²) in [5.74, 6) is 1.69. The van der Waals surface area contributed by atoms with Crippen LogP contribution in [0.25, 0.3) is 0 Å². The minimum Gasteiger partial charge on any atom is -0.478 e. The van der Waals surface area contributed by atoms with Crippen LogP contribution in [-0.4, -0.2) is 23.7 Å². The van der Waals surface area contributed by atoms with Gasteiger partial charge in [0.25, 0.3) is 0 Å². The largest absolute Gasteiger partial charge is 0.478 e. The highest BCUT2D eigenvalue weighted by atomic mass is 16.4. The summed E-state index contributed by atoms with van der Waals surface area (Å²) >= 11 is 0. The molecule has 0 aliphatic heterocycles. The molecule has 14 heavy (non-hydrogen) atoms. The number of aliphatic carboxylic acids is 1.